The summed E-state index contributed by atoms with van der Waals surface area (Å²) in [5, 5.41) is 5.20. The summed E-state index contributed by atoms with van der Waals surface area (Å²) in [5.74, 6) is 0. The second kappa shape index (κ2) is 12.9. The molecule has 0 radical (unpaired) electrons. The third-order valence-electron chi connectivity index (χ3n) is 14.1. The van der Waals surface area contributed by atoms with E-state index in [1.54, 1.807) is 0 Å². The Morgan fingerprint density at radius 1 is 0.286 bits per heavy atom. The molecule has 0 nitrogen and oxygen atoms in total. The lowest BCUT2D eigenvalue weighted by Gasteiger charge is -2.31. The molecule has 0 atom stereocenters. The van der Waals surface area contributed by atoms with Crippen LogP contribution < -0.4 is 0 Å². The molecule has 2 aliphatic rings. The SMILES string of the molecule is CCC1(CC)c2cc(-c3ccc4c(c3)C(CC)(CC)c3cc(-c5ccc6cc(C)ccc6c5)ccc3-4)ccc2-c2ccc(-c3ccc4cc(C)ccc4c3)cc21. The second-order valence-electron chi connectivity index (χ2n) is 16.8. The Morgan fingerprint density at radius 3 is 0.839 bits per heavy atom. The van der Waals surface area contributed by atoms with Gasteiger partial charge in [0.25, 0.3) is 0 Å². The van der Waals surface area contributed by atoms with E-state index < -0.39 is 0 Å². The average Bonchev–Trinajstić information content (AvgIpc) is 3.68. The maximum atomic E-state index is 2.54. The van der Waals surface area contributed by atoms with Crippen LogP contribution in [0.3, 0.4) is 0 Å². The third kappa shape index (κ3) is 5.04. The number of aryl methyl sites for hydroxylation is 2. The zero-order valence-electron chi connectivity index (χ0n) is 33.7. The summed E-state index contributed by atoms with van der Waals surface area (Å²) in [5.41, 5.74) is 21.9. The Labute approximate surface area is 332 Å². The molecule has 0 saturated carbocycles. The molecular formula is C56H50. The Hall–Kier alpha value is -5.72. The zero-order valence-corrected chi connectivity index (χ0v) is 33.7. The van der Waals surface area contributed by atoms with E-state index in [1.807, 2.05) is 0 Å². The number of hydrogen-bond donors (Lipinski definition) is 0. The van der Waals surface area contributed by atoms with Crippen LogP contribution in [0, 0.1) is 13.8 Å². The van der Waals surface area contributed by atoms with E-state index in [1.165, 1.54) is 111 Å². The first-order chi connectivity index (χ1) is 27.3. The monoisotopic (exact) mass is 722 g/mol. The van der Waals surface area contributed by atoms with Crippen molar-refractivity contribution >= 4 is 21.5 Å². The van der Waals surface area contributed by atoms with Crippen molar-refractivity contribution in [1.82, 2.24) is 0 Å². The lowest BCUT2D eigenvalue weighted by atomic mass is 9.72. The first-order valence-corrected chi connectivity index (χ1v) is 20.9. The van der Waals surface area contributed by atoms with Crippen molar-refractivity contribution in [1.29, 1.82) is 0 Å². The van der Waals surface area contributed by atoms with Gasteiger partial charge in [-0.05, 0) is 175 Å². The van der Waals surface area contributed by atoms with Crippen LogP contribution >= 0.6 is 0 Å². The third-order valence-corrected chi connectivity index (χ3v) is 14.1. The van der Waals surface area contributed by atoms with Crippen molar-refractivity contribution in [3.63, 3.8) is 0 Å². The smallest absolute Gasteiger partial charge is 0.0210 e. The molecule has 0 amide bonds. The summed E-state index contributed by atoms with van der Waals surface area (Å²) in [6, 6.07) is 56.6. The molecule has 274 valence electrons. The molecule has 0 heterocycles. The number of benzene rings is 8. The van der Waals surface area contributed by atoms with E-state index in [0.717, 1.165) is 25.7 Å². The van der Waals surface area contributed by atoms with E-state index in [-0.39, 0.29) is 10.8 Å². The van der Waals surface area contributed by atoms with E-state index >= 15 is 0 Å². The highest BCUT2D eigenvalue weighted by Crippen LogP contribution is 2.56. The molecule has 0 saturated heterocycles. The van der Waals surface area contributed by atoms with Gasteiger partial charge < -0.3 is 0 Å². The number of hydrogen-bond acceptors (Lipinski definition) is 0. The van der Waals surface area contributed by atoms with Crippen LogP contribution in [0.15, 0.2) is 146 Å². The van der Waals surface area contributed by atoms with Crippen LogP contribution in [0.4, 0.5) is 0 Å². The Morgan fingerprint density at radius 2 is 0.536 bits per heavy atom. The first kappa shape index (κ1) is 34.7. The summed E-state index contributed by atoms with van der Waals surface area (Å²) < 4.78 is 0. The molecule has 0 bridgehead atoms. The fourth-order valence-electron chi connectivity index (χ4n) is 10.8. The molecule has 0 aliphatic heterocycles. The largest absolute Gasteiger partial charge is 0.0642 e. The Balaban J connectivity index is 1.03. The summed E-state index contributed by atoms with van der Waals surface area (Å²) >= 11 is 0. The van der Waals surface area contributed by atoms with Gasteiger partial charge in [-0.2, -0.15) is 0 Å². The fraction of sp³-hybridized carbons (Fsp3) is 0.214. The number of rotatable bonds is 7. The van der Waals surface area contributed by atoms with Gasteiger partial charge in [-0.1, -0.05) is 148 Å². The highest BCUT2D eigenvalue weighted by molar-refractivity contribution is 5.92. The van der Waals surface area contributed by atoms with Crippen molar-refractivity contribution in [3.05, 3.63) is 179 Å². The van der Waals surface area contributed by atoms with Crippen molar-refractivity contribution in [2.45, 2.75) is 78.1 Å². The molecule has 0 aromatic heterocycles. The van der Waals surface area contributed by atoms with Crippen LogP contribution in [0.2, 0.25) is 0 Å². The Kier molecular flexibility index (Phi) is 8.02. The summed E-state index contributed by atoms with van der Waals surface area (Å²) in [6.07, 6.45) is 4.28. The normalized spacial score (nSPS) is 14.5. The highest BCUT2D eigenvalue weighted by atomic mass is 14.5. The average molecular weight is 723 g/mol. The molecule has 0 spiro atoms. The van der Waals surface area contributed by atoms with E-state index in [2.05, 4.69) is 187 Å². The van der Waals surface area contributed by atoms with Gasteiger partial charge in [0.1, 0.15) is 0 Å². The molecule has 8 aromatic carbocycles. The maximum absolute atomic E-state index is 2.54. The van der Waals surface area contributed by atoms with Crippen molar-refractivity contribution < 1.29 is 0 Å². The minimum atomic E-state index is -0.0216. The summed E-state index contributed by atoms with van der Waals surface area (Å²) in [4.78, 5) is 0. The fourth-order valence-corrected chi connectivity index (χ4v) is 10.8. The van der Waals surface area contributed by atoms with Gasteiger partial charge in [0.05, 0.1) is 0 Å². The van der Waals surface area contributed by atoms with Gasteiger partial charge in [0, 0.05) is 10.8 Å². The van der Waals surface area contributed by atoms with E-state index in [4.69, 9.17) is 0 Å². The lowest BCUT2D eigenvalue weighted by Crippen LogP contribution is -2.23. The van der Waals surface area contributed by atoms with Gasteiger partial charge in [-0.25, -0.2) is 0 Å². The zero-order chi connectivity index (χ0) is 38.3. The molecule has 10 rings (SSSR count). The maximum Gasteiger partial charge on any atom is 0.0210 e. The van der Waals surface area contributed by atoms with E-state index in [9.17, 15) is 0 Å². The lowest BCUT2D eigenvalue weighted by molar-refractivity contribution is 0.490. The molecular weight excluding hydrogens is 673 g/mol. The summed E-state index contributed by atoms with van der Waals surface area (Å²) in [6.45, 7) is 13.9. The Bertz CT molecular complexity index is 2670. The quantitative estimate of drug-likeness (QED) is 0.154. The minimum absolute atomic E-state index is 0.0216. The van der Waals surface area contributed by atoms with Gasteiger partial charge in [0.15, 0.2) is 0 Å². The molecule has 0 heteroatoms. The van der Waals surface area contributed by atoms with E-state index in [0.29, 0.717) is 0 Å². The van der Waals surface area contributed by atoms with Crippen LogP contribution in [0.1, 0.15) is 86.8 Å². The molecule has 8 aromatic rings. The first-order valence-electron chi connectivity index (χ1n) is 20.9. The van der Waals surface area contributed by atoms with Crippen LogP contribution in [-0.4, -0.2) is 0 Å². The van der Waals surface area contributed by atoms with Gasteiger partial charge >= 0.3 is 0 Å². The molecule has 2 aliphatic carbocycles. The van der Waals surface area contributed by atoms with Crippen molar-refractivity contribution in [2.75, 3.05) is 0 Å². The minimum Gasteiger partial charge on any atom is -0.0642 e. The number of fused-ring (bicyclic) bond motifs is 8. The van der Waals surface area contributed by atoms with Crippen LogP contribution in [-0.2, 0) is 10.8 Å². The molecule has 0 unspecified atom stereocenters. The van der Waals surface area contributed by atoms with Crippen LogP contribution in [0.5, 0.6) is 0 Å². The van der Waals surface area contributed by atoms with Crippen molar-refractivity contribution in [2.24, 2.45) is 0 Å². The van der Waals surface area contributed by atoms with Crippen molar-refractivity contribution in [3.8, 4) is 55.6 Å². The highest BCUT2D eigenvalue weighted by Gasteiger charge is 2.42. The predicted molar refractivity (Wildman–Crippen MR) is 241 cm³/mol. The van der Waals surface area contributed by atoms with Gasteiger partial charge in [-0.15, -0.1) is 0 Å². The molecule has 0 fully saturated rings. The standard InChI is InChI=1S/C56H50/c1-7-55(8-2)51-31-43(41-17-15-37-27-35(5)11-13-39(37)29-41)19-23-47(51)49-25-21-45(33-53(49)55)46-22-26-50-48-24-20-44(32-52(48)56(9-3,10-4)54(50)34-46)42-18-16-38-28-36(6)12-14-40(38)30-42/h11-34H,7-10H2,1-6H3. The van der Waals surface area contributed by atoms with Gasteiger partial charge in [0.2, 0.25) is 0 Å². The second-order valence-corrected chi connectivity index (χ2v) is 16.8. The summed E-state index contributed by atoms with van der Waals surface area (Å²) in [7, 11) is 0. The molecule has 56 heavy (non-hydrogen) atoms. The topological polar surface area (TPSA) is 0 Å². The van der Waals surface area contributed by atoms with Crippen LogP contribution in [0.25, 0.3) is 77.2 Å². The van der Waals surface area contributed by atoms with Gasteiger partial charge in [-0.3, -0.25) is 0 Å². The predicted octanol–water partition coefficient (Wildman–Crippen LogP) is 15.8. The molecule has 0 N–H and O–H groups in total.